The van der Waals surface area contributed by atoms with Crippen LogP contribution in [-0.4, -0.2) is 29.9 Å². The molecule has 1 saturated heterocycles. The molecule has 2 rings (SSSR count). The molecule has 1 unspecified atom stereocenters. The number of rotatable bonds is 2. The Balaban J connectivity index is 1.96. The molecule has 1 aromatic rings. The molecule has 3 amide bonds. The number of carbonyl (C=O) groups is 2. The average molecular weight is 261 g/mol. The summed E-state index contributed by atoms with van der Waals surface area (Å²) in [5.74, 6) is -0.551. The topological polar surface area (TPSA) is 75.4 Å². The van der Waals surface area contributed by atoms with Crippen LogP contribution >= 0.6 is 0 Å². The van der Waals surface area contributed by atoms with Crippen LogP contribution in [0.5, 0.6) is 0 Å². The molecular formula is C14H19N3O2. The monoisotopic (exact) mass is 261 g/mol. The molecule has 0 saturated carbocycles. The molecule has 3 N–H and O–H groups in total. The minimum atomic E-state index is -0.326. The standard InChI is InChI=1S/C14H19N3O2/c1-10-4-6-12(7-5-10)16-14(19)17-8-2-3-11(9-17)13(15)18/h4-7,11H,2-3,8-9H2,1H3,(H2,15,18)(H,16,19). The number of hydrogen-bond donors (Lipinski definition) is 2. The van der Waals surface area contributed by atoms with E-state index in [9.17, 15) is 9.59 Å². The molecule has 1 aromatic carbocycles. The van der Waals surface area contributed by atoms with Crippen LogP contribution in [0.25, 0.3) is 0 Å². The van der Waals surface area contributed by atoms with Crippen LogP contribution in [0.3, 0.4) is 0 Å². The molecule has 1 fully saturated rings. The van der Waals surface area contributed by atoms with Gasteiger partial charge in [-0.2, -0.15) is 0 Å². The first-order valence-electron chi connectivity index (χ1n) is 6.48. The van der Waals surface area contributed by atoms with Crippen LogP contribution in [0.1, 0.15) is 18.4 Å². The van der Waals surface area contributed by atoms with E-state index in [1.807, 2.05) is 31.2 Å². The highest BCUT2D eigenvalue weighted by molar-refractivity contribution is 5.90. The molecule has 5 nitrogen and oxygen atoms in total. The number of piperidine rings is 1. The van der Waals surface area contributed by atoms with E-state index < -0.39 is 0 Å². The zero-order valence-electron chi connectivity index (χ0n) is 11.1. The van der Waals surface area contributed by atoms with Gasteiger partial charge in [-0.05, 0) is 31.9 Å². The van der Waals surface area contributed by atoms with Gasteiger partial charge in [-0.3, -0.25) is 4.79 Å². The predicted octanol–water partition coefficient (Wildman–Crippen LogP) is 1.72. The molecule has 0 bridgehead atoms. The largest absolute Gasteiger partial charge is 0.369 e. The summed E-state index contributed by atoms with van der Waals surface area (Å²) in [5, 5.41) is 2.83. The summed E-state index contributed by atoms with van der Waals surface area (Å²) in [6.45, 7) is 3.07. The van der Waals surface area contributed by atoms with Crippen molar-refractivity contribution in [2.24, 2.45) is 11.7 Å². The third-order valence-corrected chi connectivity index (χ3v) is 3.41. The van der Waals surface area contributed by atoms with Crippen molar-refractivity contribution in [1.82, 2.24) is 4.90 Å². The number of urea groups is 1. The minimum absolute atomic E-state index is 0.171. The van der Waals surface area contributed by atoms with Crippen molar-refractivity contribution >= 4 is 17.6 Å². The fraction of sp³-hybridized carbons (Fsp3) is 0.429. The lowest BCUT2D eigenvalue weighted by Gasteiger charge is -2.31. The van der Waals surface area contributed by atoms with E-state index in [1.54, 1.807) is 4.90 Å². The van der Waals surface area contributed by atoms with Crippen LogP contribution < -0.4 is 11.1 Å². The van der Waals surface area contributed by atoms with Gasteiger partial charge in [0.15, 0.2) is 0 Å². The van der Waals surface area contributed by atoms with Crippen LogP contribution in [0, 0.1) is 12.8 Å². The Morgan fingerprint density at radius 2 is 2.00 bits per heavy atom. The summed E-state index contributed by atoms with van der Waals surface area (Å²) < 4.78 is 0. The van der Waals surface area contributed by atoms with E-state index in [2.05, 4.69) is 5.32 Å². The highest BCUT2D eigenvalue weighted by atomic mass is 16.2. The number of benzene rings is 1. The Morgan fingerprint density at radius 3 is 2.63 bits per heavy atom. The Hall–Kier alpha value is -2.04. The van der Waals surface area contributed by atoms with E-state index in [4.69, 9.17) is 5.73 Å². The van der Waals surface area contributed by atoms with Gasteiger partial charge in [0, 0.05) is 18.8 Å². The first kappa shape index (κ1) is 13.4. The maximum absolute atomic E-state index is 12.1. The van der Waals surface area contributed by atoms with Gasteiger partial charge in [-0.15, -0.1) is 0 Å². The van der Waals surface area contributed by atoms with Gasteiger partial charge in [0.25, 0.3) is 0 Å². The summed E-state index contributed by atoms with van der Waals surface area (Å²) >= 11 is 0. The first-order chi connectivity index (χ1) is 9.06. The van der Waals surface area contributed by atoms with E-state index in [0.29, 0.717) is 13.1 Å². The smallest absolute Gasteiger partial charge is 0.321 e. The molecule has 0 radical (unpaired) electrons. The number of likely N-dealkylation sites (tertiary alicyclic amines) is 1. The molecule has 1 atom stereocenters. The molecule has 5 heteroatoms. The fourth-order valence-electron chi connectivity index (χ4n) is 2.23. The molecule has 0 aromatic heterocycles. The third-order valence-electron chi connectivity index (χ3n) is 3.41. The molecular weight excluding hydrogens is 242 g/mol. The van der Waals surface area contributed by atoms with E-state index in [0.717, 1.165) is 24.1 Å². The number of carbonyl (C=O) groups excluding carboxylic acids is 2. The highest BCUT2D eigenvalue weighted by Crippen LogP contribution is 2.17. The SMILES string of the molecule is Cc1ccc(NC(=O)N2CCCC(C(N)=O)C2)cc1. The summed E-state index contributed by atoms with van der Waals surface area (Å²) in [6, 6.07) is 7.44. The van der Waals surface area contributed by atoms with Crippen molar-refractivity contribution in [3.8, 4) is 0 Å². The number of amides is 3. The number of primary amides is 1. The first-order valence-corrected chi connectivity index (χ1v) is 6.48. The number of hydrogen-bond acceptors (Lipinski definition) is 2. The molecule has 0 aliphatic carbocycles. The Morgan fingerprint density at radius 1 is 1.32 bits per heavy atom. The van der Waals surface area contributed by atoms with Crippen molar-refractivity contribution in [3.05, 3.63) is 29.8 Å². The maximum atomic E-state index is 12.1. The van der Waals surface area contributed by atoms with Gasteiger partial charge in [0.2, 0.25) is 5.91 Å². The third kappa shape index (κ3) is 3.47. The van der Waals surface area contributed by atoms with Gasteiger partial charge >= 0.3 is 6.03 Å². The van der Waals surface area contributed by atoms with Crippen molar-refractivity contribution in [1.29, 1.82) is 0 Å². The van der Waals surface area contributed by atoms with Crippen molar-refractivity contribution in [2.75, 3.05) is 18.4 Å². The summed E-state index contributed by atoms with van der Waals surface area (Å²) in [5.41, 5.74) is 7.21. The molecule has 1 aliphatic rings. The van der Waals surface area contributed by atoms with Crippen LogP contribution in [-0.2, 0) is 4.79 Å². The van der Waals surface area contributed by atoms with Crippen LogP contribution in [0.4, 0.5) is 10.5 Å². The number of aryl methyl sites for hydroxylation is 1. The molecule has 1 aliphatic heterocycles. The second kappa shape index (κ2) is 5.73. The second-order valence-electron chi connectivity index (χ2n) is 4.98. The molecule has 1 heterocycles. The number of nitrogens with two attached hydrogens (primary N) is 1. The number of nitrogens with one attached hydrogen (secondary N) is 1. The Kier molecular flexibility index (Phi) is 4.04. The van der Waals surface area contributed by atoms with Gasteiger partial charge in [-0.1, -0.05) is 17.7 Å². The average Bonchev–Trinajstić information content (AvgIpc) is 2.41. The van der Waals surface area contributed by atoms with E-state index >= 15 is 0 Å². The lowest BCUT2D eigenvalue weighted by molar-refractivity contribution is -0.123. The van der Waals surface area contributed by atoms with Gasteiger partial charge in [-0.25, -0.2) is 4.79 Å². The van der Waals surface area contributed by atoms with Gasteiger partial charge in [0.1, 0.15) is 0 Å². The number of nitrogens with zero attached hydrogens (tertiary/aromatic N) is 1. The lowest BCUT2D eigenvalue weighted by atomic mass is 9.98. The Bertz CT molecular complexity index is 470. The maximum Gasteiger partial charge on any atom is 0.321 e. The summed E-state index contributed by atoms with van der Waals surface area (Å²) in [4.78, 5) is 24.9. The zero-order valence-corrected chi connectivity index (χ0v) is 11.1. The molecule has 102 valence electrons. The van der Waals surface area contributed by atoms with Crippen molar-refractivity contribution in [2.45, 2.75) is 19.8 Å². The molecule has 0 spiro atoms. The van der Waals surface area contributed by atoms with Crippen molar-refractivity contribution in [3.63, 3.8) is 0 Å². The Labute approximate surface area is 112 Å². The van der Waals surface area contributed by atoms with E-state index in [-0.39, 0.29) is 17.9 Å². The zero-order chi connectivity index (χ0) is 13.8. The fourth-order valence-corrected chi connectivity index (χ4v) is 2.23. The molecule has 19 heavy (non-hydrogen) atoms. The number of anilines is 1. The van der Waals surface area contributed by atoms with Gasteiger partial charge in [0.05, 0.1) is 5.92 Å². The van der Waals surface area contributed by atoms with Crippen LogP contribution in [0.2, 0.25) is 0 Å². The summed E-state index contributed by atoms with van der Waals surface area (Å²) in [6.07, 6.45) is 1.58. The normalized spacial score (nSPS) is 19.0. The van der Waals surface area contributed by atoms with Crippen molar-refractivity contribution < 1.29 is 9.59 Å². The highest BCUT2D eigenvalue weighted by Gasteiger charge is 2.26. The van der Waals surface area contributed by atoms with Crippen LogP contribution in [0.15, 0.2) is 24.3 Å². The lowest BCUT2D eigenvalue weighted by Crippen LogP contribution is -2.45. The quantitative estimate of drug-likeness (QED) is 0.850. The minimum Gasteiger partial charge on any atom is -0.369 e. The summed E-state index contributed by atoms with van der Waals surface area (Å²) in [7, 11) is 0. The predicted molar refractivity (Wildman–Crippen MR) is 73.7 cm³/mol. The van der Waals surface area contributed by atoms with E-state index in [1.165, 1.54) is 0 Å². The second-order valence-corrected chi connectivity index (χ2v) is 4.98. The van der Waals surface area contributed by atoms with Gasteiger partial charge < -0.3 is 16.0 Å².